The average molecular weight is 586 g/mol. The molecule has 0 saturated carbocycles. The third-order valence-corrected chi connectivity index (χ3v) is 7.70. The molecule has 0 unspecified atom stereocenters. The minimum absolute atomic E-state index is 0. The summed E-state index contributed by atoms with van der Waals surface area (Å²) in [6.07, 6.45) is 1.05. The Hall–Kier alpha value is -2.21. The Morgan fingerprint density at radius 3 is 2.31 bits per heavy atom. The fourth-order valence-corrected chi connectivity index (χ4v) is 5.09. The number of halogens is 1. The van der Waals surface area contributed by atoms with Gasteiger partial charge in [-0.2, -0.15) is 0 Å². The van der Waals surface area contributed by atoms with Crippen LogP contribution in [0.15, 0.2) is 54.6 Å². The molecule has 2 aromatic carbocycles. The maximum absolute atomic E-state index is 12.9. The number of methoxy groups -OCH3 is 1. The molecule has 9 nitrogen and oxygen atoms in total. The predicted octanol–water partition coefficient (Wildman–Crippen LogP) is 3.11. The second-order valence-corrected chi connectivity index (χ2v) is 11.6. The number of nitrogens with one attached hydrogen (secondary N) is 2. The highest BCUT2D eigenvalue weighted by atomic mass is 35.5. The second-order valence-electron chi connectivity index (χ2n) is 9.82. The number of aliphatic hydroxyl groups excluding tert-OH is 1. The molecule has 5 N–H and O–H groups in total. The topological polar surface area (TPSA) is 140 Å². The van der Waals surface area contributed by atoms with Crippen LogP contribution in [0.3, 0.4) is 0 Å². The van der Waals surface area contributed by atoms with Crippen molar-refractivity contribution in [3.8, 4) is 5.75 Å². The largest absolute Gasteiger partial charge is 0.493 e. The summed E-state index contributed by atoms with van der Waals surface area (Å²) in [6.45, 7) is 5.38. The van der Waals surface area contributed by atoms with Gasteiger partial charge in [0.1, 0.15) is 5.75 Å². The first-order valence-electron chi connectivity index (χ1n) is 13.1. The molecule has 3 atom stereocenters. The SMILES string of the molecule is COCCCCOc1ccccc1C(=O)NC[C@@H](C[C@H](N)[C@@H](O)CNS(=O)(=O)Cc1ccccc1)C(C)C.Cl. The van der Waals surface area contributed by atoms with E-state index in [4.69, 9.17) is 15.2 Å². The molecule has 0 aromatic heterocycles. The van der Waals surface area contributed by atoms with Crippen LogP contribution in [0.2, 0.25) is 0 Å². The van der Waals surface area contributed by atoms with Gasteiger partial charge in [0.15, 0.2) is 0 Å². The number of hydrogen-bond donors (Lipinski definition) is 4. The number of rotatable bonds is 18. The first-order valence-corrected chi connectivity index (χ1v) is 14.7. The average Bonchev–Trinajstić information content (AvgIpc) is 2.89. The molecule has 0 spiro atoms. The summed E-state index contributed by atoms with van der Waals surface area (Å²) in [4.78, 5) is 12.9. The van der Waals surface area contributed by atoms with Gasteiger partial charge < -0.3 is 25.6 Å². The van der Waals surface area contributed by atoms with E-state index in [-0.39, 0.29) is 42.4 Å². The van der Waals surface area contributed by atoms with E-state index < -0.39 is 22.2 Å². The molecule has 0 radical (unpaired) electrons. The smallest absolute Gasteiger partial charge is 0.255 e. The van der Waals surface area contributed by atoms with E-state index in [0.29, 0.717) is 43.1 Å². The third-order valence-electron chi connectivity index (χ3n) is 6.38. The van der Waals surface area contributed by atoms with E-state index in [2.05, 4.69) is 10.0 Å². The van der Waals surface area contributed by atoms with Crippen LogP contribution >= 0.6 is 12.4 Å². The lowest BCUT2D eigenvalue weighted by Gasteiger charge is -2.27. The molecule has 0 heterocycles. The van der Waals surface area contributed by atoms with Gasteiger partial charge in [-0.3, -0.25) is 4.79 Å². The van der Waals surface area contributed by atoms with Crippen molar-refractivity contribution in [2.24, 2.45) is 17.6 Å². The quantitative estimate of drug-likeness (QED) is 0.197. The minimum Gasteiger partial charge on any atom is -0.493 e. The van der Waals surface area contributed by atoms with E-state index in [1.807, 2.05) is 26.0 Å². The number of para-hydroxylation sites is 1. The lowest BCUT2D eigenvalue weighted by Crippen LogP contribution is -2.46. The monoisotopic (exact) mass is 585 g/mol. The van der Waals surface area contributed by atoms with Crippen LogP contribution in [0.4, 0.5) is 0 Å². The molecule has 2 aromatic rings. The summed E-state index contributed by atoms with van der Waals surface area (Å²) < 4.78 is 38.1. The third kappa shape index (κ3) is 13.1. The van der Waals surface area contributed by atoms with E-state index in [1.165, 1.54) is 0 Å². The molecule has 0 bridgehead atoms. The zero-order chi connectivity index (χ0) is 28.0. The summed E-state index contributed by atoms with van der Waals surface area (Å²) in [7, 11) is -1.96. The van der Waals surface area contributed by atoms with Crippen LogP contribution in [0.1, 0.15) is 49.0 Å². The Bertz CT molecular complexity index is 1070. The number of nitrogens with two attached hydrogens (primary N) is 1. The van der Waals surface area contributed by atoms with Crippen molar-refractivity contribution in [3.05, 3.63) is 65.7 Å². The van der Waals surface area contributed by atoms with Gasteiger partial charge in [-0.15, -0.1) is 12.4 Å². The molecular formula is C28H44ClN3O6S. The van der Waals surface area contributed by atoms with Gasteiger partial charge in [0.05, 0.1) is 24.0 Å². The maximum Gasteiger partial charge on any atom is 0.255 e. The van der Waals surface area contributed by atoms with E-state index in [1.54, 1.807) is 49.6 Å². The lowest BCUT2D eigenvalue weighted by atomic mass is 9.87. The molecule has 220 valence electrons. The van der Waals surface area contributed by atoms with Crippen LogP contribution < -0.4 is 20.5 Å². The molecule has 11 heteroatoms. The van der Waals surface area contributed by atoms with Crippen molar-refractivity contribution in [3.63, 3.8) is 0 Å². The predicted molar refractivity (Wildman–Crippen MR) is 157 cm³/mol. The van der Waals surface area contributed by atoms with Gasteiger partial charge in [0, 0.05) is 32.8 Å². The van der Waals surface area contributed by atoms with Crippen LogP contribution in [0, 0.1) is 11.8 Å². The molecule has 0 aliphatic carbocycles. The summed E-state index contributed by atoms with van der Waals surface area (Å²) >= 11 is 0. The Balaban J connectivity index is 0.00000760. The molecule has 0 aliphatic rings. The summed E-state index contributed by atoms with van der Waals surface area (Å²) in [5.74, 6) is 0.265. The molecule has 0 saturated heterocycles. The Morgan fingerprint density at radius 1 is 1.00 bits per heavy atom. The van der Waals surface area contributed by atoms with E-state index in [0.717, 1.165) is 12.8 Å². The number of ether oxygens (including phenoxy) is 2. The fourth-order valence-electron chi connectivity index (χ4n) is 3.94. The van der Waals surface area contributed by atoms with Crippen molar-refractivity contribution >= 4 is 28.3 Å². The van der Waals surface area contributed by atoms with Crippen molar-refractivity contribution in [2.45, 2.75) is 51.0 Å². The van der Waals surface area contributed by atoms with Crippen LogP contribution in [-0.2, 0) is 20.5 Å². The fraction of sp³-hybridized carbons (Fsp3) is 0.536. The number of amides is 1. The molecule has 39 heavy (non-hydrogen) atoms. The second kappa shape index (κ2) is 18.2. The Labute approximate surface area is 239 Å². The number of unbranched alkanes of at least 4 members (excludes halogenated alkanes) is 1. The molecule has 0 fully saturated rings. The molecule has 1 amide bonds. The normalized spacial score (nSPS) is 13.8. The number of benzene rings is 2. The highest BCUT2D eigenvalue weighted by Gasteiger charge is 2.25. The lowest BCUT2D eigenvalue weighted by molar-refractivity contribution is 0.0928. The Morgan fingerprint density at radius 2 is 1.64 bits per heavy atom. The number of carbonyl (C=O) groups is 1. The first kappa shape index (κ1) is 34.8. The standard InChI is InChI=1S/C28H43N3O6S.ClH/c1-21(2)23(17-25(29)26(32)19-31-38(34,35)20-22-11-5-4-6-12-22)18-30-28(33)24-13-7-8-14-27(24)37-16-10-9-15-36-3;/h4-8,11-14,21,23,25-26,31-32H,9-10,15-20,29H2,1-3H3,(H,30,33);1H/t23-,25+,26+;/m1./s1. The number of carbonyl (C=O) groups excluding carboxylic acids is 1. The Kier molecular flexibility index (Phi) is 16.2. The summed E-state index contributed by atoms with van der Waals surface area (Å²) in [5.41, 5.74) is 7.36. The van der Waals surface area contributed by atoms with E-state index in [9.17, 15) is 18.3 Å². The highest BCUT2D eigenvalue weighted by molar-refractivity contribution is 7.88. The molecular weight excluding hydrogens is 542 g/mol. The van der Waals surface area contributed by atoms with Gasteiger partial charge >= 0.3 is 0 Å². The number of sulfonamides is 1. The number of aliphatic hydroxyl groups is 1. The van der Waals surface area contributed by atoms with Gasteiger partial charge in [0.25, 0.3) is 5.91 Å². The van der Waals surface area contributed by atoms with Crippen LogP contribution in [0.25, 0.3) is 0 Å². The summed E-state index contributed by atoms with van der Waals surface area (Å²) in [5, 5.41) is 13.5. The zero-order valence-corrected chi connectivity index (χ0v) is 24.7. The van der Waals surface area contributed by atoms with Crippen LogP contribution in [-0.4, -0.2) is 65.0 Å². The van der Waals surface area contributed by atoms with E-state index >= 15 is 0 Å². The highest BCUT2D eigenvalue weighted by Crippen LogP contribution is 2.20. The van der Waals surface area contributed by atoms with Gasteiger partial charge in [-0.05, 0) is 48.8 Å². The van der Waals surface area contributed by atoms with Gasteiger partial charge in [-0.25, -0.2) is 13.1 Å². The first-order chi connectivity index (χ1) is 18.1. The minimum atomic E-state index is -3.62. The van der Waals surface area contributed by atoms with Crippen molar-refractivity contribution in [1.29, 1.82) is 0 Å². The zero-order valence-electron chi connectivity index (χ0n) is 23.0. The molecule has 2 rings (SSSR count). The van der Waals surface area contributed by atoms with Crippen molar-refractivity contribution in [1.82, 2.24) is 10.0 Å². The number of hydrogen-bond acceptors (Lipinski definition) is 7. The van der Waals surface area contributed by atoms with Gasteiger partial charge in [-0.1, -0.05) is 56.3 Å². The van der Waals surface area contributed by atoms with Crippen molar-refractivity contribution < 1.29 is 27.8 Å². The molecule has 0 aliphatic heterocycles. The van der Waals surface area contributed by atoms with Gasteiger partial charge in [0.2, 0.25) is 10.0 Å². The maximum atomic E-state index is 12.9. The summed E-state index contributed by atoms with van der Waals surface area (Å²) in [6, 6.07) is 15.3. The van der Waals surface area contributed by atoms with Crippen LogP contribution in [0.5, 0.6) is 5.75 Å². The van der Waals surface area contributed by atoms with Crippen molar-refractivity contribution in [2.75, 3.05) is 33.4 Å².